The molecule has 2 rings (SSSR count). The number of nitrogens with zero attached hydrogens (tertiary/aromatic N) is 2. The number of rotatable bonds is 5. The first-order valence-corrected chi connectivity index (χ1v) is 9.73. The zero-order valence-corrected chi connectivity index (χ0v) is 16.0. The number of nitrogen functional groups attached to an aromatic ring is 1. The van der Waals surface area contributed by atoms with Gasteiger partial charge in [0.2, 0.25) is 0 Å². The van der Waals surface area contributed by atoms with E-state index in [9.17, 15) is 15.3 Å². The van der Waals surface area contributed by atoms with Crippen LogP contribution in [-0.4, -0.2) is 17.8 Å². The van der Waals surface area contributed by atoms with E-state index >= 15 is 0 Å². The zero-order chi connectivity index (χ0) is 18.6. The maximum Gasteiger partial charge on any atom is 0.290 e. The number of anilines is 1. The molecule has 1 aromatic heterocycles. The summed E-state index contributed by atoms with van der Waals surface area (Å²) in [7, 11) is 0. The third-order valence-electron chi connectivity index (χ3n) is 3.22. The van der Waals surface area contributed by atoms with E-state index in [-0.39, 0.29) is 22.9 Å². The van der Waals surface area contributed by atoms with Crippen molar-refractivity contribution in [3.8, 4) is 12.1 Å². The van der Waals surface area contributed by atoms with Crippen LogP contribution in [0.4, 0.5) is 5.82 Å². The number of hydrogen-bond acceptors (Lipinski definition) is 6. The van der Waals surface area contributed by atoms with Crippen molar-refractivity contribution in [3.05, 3.63) is 44.9 Å². The first-order valence-electron chi connectivity index (χ1n) is 6.76. The predicted molar refractivity (Wildman–Crippen MR) is 100 cm³/mol. The van der Waals surface area contributed by atoms with Crippen molar-refractivity contribution < 1.29 is 9.78 Å². The molecule has 2 aromatic rings. The molecule has 0 saturated carbocycles. The van der Waals surface area contributed by atoms with E-state index in [1.54, 1.807) is 18.4 Å². The van der Waals surface area contributed by atoms with Gasteiger partial charge in [0.15, 0.2) is 16.4 Å². The maximum absolute atomic E-state index is 12.3. The minimum absolute atomic E-state index is 0.0717. The van der Waals surface area contributed by atoms with Crippen molar-refractivity contribution in [2.24, 2.45) is 0 Å². The van der Waals surface area contributed by atoms with Crippen molar-refractivity contribution in [3.63, 3.8) is 0 Å². The number of Topliss-reactive ketones (excluding diaryl/α,β-unsaturated/α-hetero) is 1. The van der Waals surface area contributed by atoms with Gasteiger partial charge < -0.3 is 0 Å². The van der Waals surface area contributed by atoms with Gasteiger partial charge in [-0.2, -0.15) is 10.5 Å². The summed E-state index contributed by atoms with van der Waals surface area (Å²) in [5.41, 5.74) is 6.80. The summed E-state index contributed by atoms with van der Waals surface area (Å²) in [6.45, 7) is 0. The monoisotopic (exact) mass is 409 g/mol. The number of halogens is 2. The molecular weight excluding hydrogens is 399 g/mol. The van der Waals surface area contributed by atoms with Crippen molar-refractivity contribution in [1.29, 1.82) is 10.5 Å². The number of benzene rings is 1. The second-order valence-electron chi connectivity index (χ2n) is 4.72. The van der Waals surface area contributed by atoms with Gasteiger partial charge in [0.05, 0.1) is 20.7 Å². The van der Waals surface area contributed by atoms with Crippen molar-refractivity contribution in [2.45, 2.75) is 9.92 Å². The van der Waals surface area contributed by atoms with Crippen LogP contribution in [-0.2, 0) is 0 Å². The minimum atomic E-state index is -0.172. The number of pyridine rings is 1. The second kappa shape index (κ2) is 8.46. The third-order valence-corrected chi connectivity index (χ3v) is 5.77. The van der Waals surface area contributed by atoms with Gasteiger partial charge in [0.25, 0.3) is 5.82 Å². The fourth-order valence-corrected chi connectivity index (χ4v) is 4.00. The Kier molecular flexibility index (Phi) is 6.57. The summed E-state index contributed by atoms with van der Waals surface area (Å²) < 4.78 is 0. The summed E-state index contributed by atoms with van der Waals surface area (Å²) >= 11 is 14.2. The van der Waals surface area contributed by atoms with Crippen LogP contribution in [0.15, 0.2) is 28.1 Å². The molecule has 0 radical (unpaired) electrons. The predicted octanol–water partition coefficient (Wildman–Crippen LogP) is 3.83. The van der Waals surface area contributed by atoms with Gasteiger partial charge in [-0.1, -0.05) is 35.0 Å². The number of ketones is 1. The summed E-state index contributed by atoms with van der Waals surface area (Å²) in [6, 6.07) is 8.70. The highest BCUT2D eigenvalue weighted by atomic mass is 35.5. The minimum Gasteiger partial charge on any atom is -0.293 e. The molecule has 0 aliphatic rings. The van der Waals surface area contributed by atoms with Crippen molar-refractivity contribution in [2.75, 3.05) is 17.7 Å². The molecule has 0 atom stereocenters. The van der Waals surface area contributed by atoms with Crippen LogP contribution in [0.2, 0.25) is 10.0 Å². The smallest absolute Gasteiger partial charge is 0.290 e. The SMILES string of the molecule is CSc1c(C#N)c(N)[nH+]c(SCC(=O)c2ccc(Cl)c(Cl)c2)c1C#N. The summed E-state index contributed by atoms with van der Waals surface area (Å²) in [5, 5.41) is 19.7. The van der Waals surface area contributed by atoms with Gasteiger partial charge >= 0.3 is 0 Å². The summed E-state index contributed by atoms with van der Waals surface area (Å²) in [5.74, 6) is 0.0623. The van der Waals surface area contributed by atoms with Gasteiger partial charge in [-0.05, 0) is 24.5 Å². The molecular formula is C16H11Cl2N4OS2+. The van der Waals surface area contributed by atoms with Gasteiger partial charge in [-0.25, -0.2) is 4.98 Å². The Morgan fingerprint density at radius 3 is 2.48 bits per heavy atom. The van der Waals surface area contributed by atoms with E-state index in [2.05, 4.69) is 11.1 Å². The lowest BCUT2D eigenvalue weighted by Gasteiger charge is -2.07. The van der Waals surface area contributed by atoms with E-state index in [0.717, 1.165) is 11.8 Å². The van der Waals surface area contributed by atoms with Crippen LogP contribution in [0.1, 0.15) is 21.5 Å². The number of nitriles is 2. The first kappa shape index (κ1) is 19.4. The molecule has 0 bridgehead atoms. The average Bonchev–Trinajstić information content (AvgIpc) is 2.61. The van der Waals surface area contributed by atoms with Crippen molar-refractivity contribution in [1.82, 2.24) is 0 Å². The molecule has 0 unspecified atom stereocenters. The molecule has 25 heavy (non-hydrogen) atoms. The lowest BCUT2D eigenvalue weighted by atomic mass is 10.1. The van der Waals surface area contributed by atoms with Crippen LogP contribution in [0, 0.1) is 22.7 Å². The summed E-state index contributed by atoms with van der Waals surface area (Å²) in [4.78, 5) is 15.7. The highest BCUT2D eigenvalue weighted by molar-refractivity contribution is 8.00. The number of aromatic nitrogens is 1. The molecule has 5 nitrogen and oxygen atoms in total. The molecule has 126 valence electrons. The Bertz CT molecular complexity index is 935. The summed E-state index contributed by atoms with van der Waals surface area (Å²) in [6.07, 6.45) is 1.76. The van der Waals surface area contributed by atoms with Gasteiger partial charge in [0, 0.05) is 5.56 Å². The molecule has 0 spiro atoms. The Morgan fingerprint density at radius 2 is 1.92 bits per heavy atom. The molecule has 9 heteroatoms. The maximum atomic E-state index is 12.3. The Balaban J connectivity index is 2.30. The number of thioether (sulfide) groups is 2. The largest absolute Gasteiger partial charge is 0.293 e. The standard InChI is InChI=1S/C16H10Cl2N4OS2/c1-24-14-9(5-19)15(21)22-16(10(14)6-20)25-7-13(23)8-2-3-11(17)12(18)4-8/h2-4H,7H2,1H3,(H2,21,22)/p+1. The fourth-order valence-electron chi connectivity index (χ4n) is 2.01. The van der Waals surface area contributed by atoms with Gasteiger partial charge in [-0.15, -0.1) is 11.8 Å². The Hall–Kier alpha value is -1.90. The Morgan fingerprint density at radius 1 is 1.24 bits per heavy atom. The lowest BCUT2D eigenvalue weighted by Crippen LogP contribution is -2.19. The molecule has 1 heterocycles. The molecule has 0 aliphatic heterocycles. The third kappa shape index (κ3) is 4.20. The molecule has 1 aromatic carbocycles. The lowest BCUT2D eigenvalue weighted by molar-refractivity contribution is -0.410. The fraction of sp³-hybridized carbons (Fsp3) is 0.125. The van der Waals surface area contributed by atoms with Gasteiger partial charge in [0.1, 0.15) is 17.7 Å². The second-order valence-corrected chi connectivity index (χ2v) is 7.33. The van der Waals surface area contributed by atoms with Crippen molar-refractivity contribution >= 4 is 58.3 Å². The Labute approximate surface area is 163 Å². The van der Waals surface area contributed by atoms with Crippen LogP contribution in [0.3, 0.4) is 0 Å². The van der Waals surface area contributed by atoms with Crippen LogP contribution in [0.5, 0.6) is 0 Å². The number of aromatic amines is 1. The molecule has 3 N–H and O–H groups in total. The van der Waals surface area contributed by atoms with E-state index in [4.69, 9.17) is 28.9 Å². The van der Waals surface area contributed by atoms with E-state index in [1.165, 1.54) is 17.8 Å². The molecule has 0 saturated heterocycles. The van der Waals surface area contributed by atoms with E-state index in [0.29, 0.717) is 31.1 Å². The quantitative estimate of drug-likeness (QED) is 0.593. The normalized spacial score (nSPS) is 10.1. The van der Waals surface area contributed by atoms with Gasteiger partial charge in [-0.3, -0.25) is 10.5 Å². The molecule has 0 fully saturated rings. The van der Waals surface area contributed by atoms with Crippen LogP contribution < -0.4 is 10.7 Å². The first-order chi connectivity index (χ1) is 11.9. The number of nitrogens with one attached hydrogen (secondary N) is 1. The number of hydrogen-bond donors (Lipinski definition) is 1. The topological polar surface area (TPSA) is 105 Å². The van der Waals surface area contributed by atoms with Crippen LogP contribution >= 0.6 is 46.7 Å². The van der Waals surface area contributed by atoms with Crippen LogP contribution in [0.25, 0.3) is 0 Å². The number of carbonyl (C=O) groups is 1. The average molecular weight is 410 g/mol. The van der Waals surface area contributed by atoms with E-state index < -0.39 is 0 Å². The number of carbonyl (C=O) groups excluding carboxylic acids is 1. The highest BCUT2D eigenvalue weighted by Gasteiger charge is 2.23. The molecule has 0 aliphatic carbocycles. The number of nitrogens with two attached hydrogens (primary N) is 1. The molecule has 0 amide bonds. The zero-order valence-electron chi connectivity index (χ0n) is 12.9. The number of H-pyrrole nitrogens is 1. The van der Waals surface area contributed by atoms with E-state index in [1.807, 2.05) is 6.07 Å². The highest BCUT2D eigenvalue weighted by Crippen LogP contribution is 2.32.